The molecule has 0 spiro atoms. The highest BCUT2D eigenvalue weighted by molar-refractivity contribution is 7.98. The van der Waals surface area contributed by atoms with Gasteiger partial charge in [0.05, 0.1) is 0 Å². The van der Waals surface area contributed by atoms with Gasteiger partial charge >= 0.3 is 0 Å². The lowest BCUT2D eigenvalue weighted by Crippen LogP contribution is -1.87. The van der Waals surface area contributed by atoms with Crippen molar-refractivity contribution in [2.75, 3.05) is 6.26 Å². The highest BCUT2D eigenvalue weighted by Crippen LogP contribution is 2.28. The second kappa shape index (κ2) is 5.12. The quantitative estimate of drug-likeness (QED) is 0.645. The Bertz CT molecular complexity index is 640. The van der Waals surface area contributed by atoms with Gasteiger partial charge in [0.1, 0.15) is 4.83 Å². The monoisotopic (exact) mass is 271 g/mol. The van der Waals surface area contributed by atoms with E-state index in [1.807, 2.05) is 24.0 Å². The predicted molar refractivity (Wildman–Crippen MR) is 80.6 cm³/mol. The van der Waals surface area contributed by atoms with E-state index in [0.29, 0.717) is 0 Å². The van der Waals surface area contributed by atoms with E-state index in [0.717, 1.165) is 11.3 Å². The molecule has 0 saturated carbocycles. The summed E-state index contributed by atoms with van der Waals surface area (Å²) in [6.07, 6.45) is 4.99. The molecule has 3 heteroatoms. The van der Waals surface area contributed by atoms with E-state index in [1.165, 1.54) is 20.7 Å². The Hall–Kier alpha value is -1.32. The molecule has 0 aliphatic carbocycles. The van der Waals surface area contributed by atoms with Gasteiger partial charge in [-0.1, -0.05) is 24.3 Å². The van der Waals surface area contributed by atoms with Crippen LogP contribution >= 0.6 is 23.1 Å². The zero-order valence-electron chi connectivity index (χ0n) is 10.1. The molecular weight excluding hydrogens is 258 g/mol. The maximum atomic E-state index is 4.40. The third-order valence-electron chi connectivity index (χ3n) is 2.90. The largest absolute Gasteiger partial charge is 0.245 e. The molecule has 0 atom stereocenters. The number of nitrogens with zero attached hydrogens (tertiary/aromatic N) is 1. The molecule has 0 bridgehead atoms. The minimum absolute atomic E-state index is 0.998. The summed E-state index contributed by atoms with van der Waals surface area (Å²) in [5.74, 6) is 0. The molecule has 0 amide bonds. The molecule has 0 aliphatic heterocycles. The third-order valence-corrected chi connectivity index (χ3v) is 4.80. The summed E-state index contributed by atoms with van der Waals surface area (Å²) in [7, 11) is 0. The Morgan fingerprint density at radius 1 is 1.17 bits per heavy atom. The standard InChI is InChI=1S/C15H13NS2/c1-17-14-7-3-2-5-11(14)9-13-10-12-6-4-8-16-15(12)18-13/h2-8,10H,9H2,1H3. The molecule has 3 rings (SSSR count). The number of benzene rings is 1. The van der Waals surface area contributed by atoms with Crippen molar-refractivity contribution >= 4 is 33.3 Å². The first-order valence-corrected chi connectivity index (χ1v) is 7.86. The van der Waals surface area contributed by atoms with Crippen LogP contribution in [0.15, 0.2) is 53.6 Å². The minimum atomic E-state index is 0.998. The second-order valence-electron chi connectivity index (χ2n) is 4.10. The number of fused-ring (bicyclic) bond motifs is 1. The van der Waals surface area contributed by atoms with Crippen LogP contribution in [0, 0.1) is 0 Å². The molecule has 2 aromatic heterocycles. The SMILES string of the molecule is CSc1ccccc1Cc1cc2cccnc2s1. The van der Waals surface area contributed by atoms with Crippen LogP contribution in [0.3, 0.4) is 0 Å². The Labute approximate surface area is 115 Å². The number of hydrogen-bond acceptors (Lipinski definition) is 3. The summed E-state index contributed by atoms with van der Waals surface area (Å²) in [6, 6.07) is 15.0. The normalized spacial score (nSPS) is 10.9. The fourth-order valence-electron chi connectivity index (χ4n) is 2.05. The molecule has 90 valence electrons. The van der Waals surface area contributed by atoms with Crippen molar-refractivity contribution in [2.45, 2.75) is 11.3 Å². The summed E-state index contributed by atoms with van der Waals surface area (Å²) >= 11 is 3.60. The molecule has 1 aromatic carbocycles. The molecule has 3 aromatic rings. The summed E-state index contributed by atoms with van der Waals surface area (Å²) in [5, 5.41) is 1.25. The molecule has 2 heterocycles. The molecule has 0 radical (unpaired) electrons. The average molecular weight is 271 g/mol. The Balaban J connectivity index is 1.96. The van der Waals surface area contributed by atoms with Crippen LogP contribution in [0.25, 0.3) is 10.2 Å². The van der Waals surface area contributed by atoms with E-state index in [-0.39, 0.29) is 0 Å². The maximum Gasteiger partial charge on any atom is 0.123 e. The molecule has 0 aliphatic rings. The van der Waals surface area contributed by atoms with E-state index >= 15 is 0 Å². The van der Waals surface area contributed by atoms with Crippen molar-refractivity contribution in [2.24, 2.45) is 0 Å². The Kier molecular flexibility index (Phi) is 3.35. The summed E-state index contributed by atoms with van der Waals surface area (Å²) in [6.45, 7) is 0. The maximum absolute atomic E-state index is 4.40. The first-order valence-electron chi connectivity index (χ1n) is 5.82. The lowest BCUT2D eigenvalue weighted by atomic mass is 10.1. The van der Waals surface area contributed by atoms with Crippen molar-refractivity contribution < 1.29 is 0 Å². The van der Waals surface area contributed by atoms with E-state index in [2.05, 4.69) is 47.6 Å². The van der Waals surface area contributed by atoms with Gasteiger partial charge in [-0.2, -0.15) is 0 Å². The van der Waals surface area contributed by atoms with Crippen LogP contribution in [0.4, 0.5) is 0 Å². The summed E-state index contributed by atoms with van der Waals surface area (Å²) in [4.78, 5) is 8.28. The molecule has 0 saturated heterocycles. The number of thioether (sulfide) groups is 1. The van der Waals surface area contributed by atoms with Gasteiger partial charge in [0, 0.05) is 27.8 Å². The highest BCUT2D eigenvalue weighted by Gasteiger charge is 2.06. The predicted octanol–water partition coefficient (Wildman–Crippen LogP) is 4.61. The zero-order valence-corrected chi connectivity index (χ0v) is 11.7. The van der Waals surface area contributed by atoms with E-state index in [4.69, 9.17) is 0 Å². The number of thiophene rings is 1. The van der Waals surface area contributed by atoms with E-state index < -0.39 is 0 Å². The van der Waals surface area contributed by atoms with Gasteiger partial charge in [0.15, 0.2) is 0 Å². The Morgan fingerprint density at radius 3 is 2.89 bits per heavy atom. The number of pyridine rings is 1. The van der Waals surface area contributed by atoms with Crippen LogP contribution in [0.5, 0.6) is 0 Å². The van der Waals surface area contributed by atoms with Crippen molar-refractivity contribution in [3.63, 3.8) is 0 Å². The van der Waals surface area contributed by atoms with Crippen LogP contribution < -0.4 is 0 Å². The summed E-state index contributed by atoms with van der Waals surface area (Å²) < 4.78 is 0. The van der Waals surface area contributed by atoms with Gasteiger partial charge in [-0.05, 0) is 30.0 Å². The first-order chi connectivity index (χ1) is 8.86. The molecule has 1 nitrogen and oxygen atoms in total. The fraction of sp³-hybridized carbons (Fsp3) is 0.133. The average Bonchev–Trinajstić information content (AvgIpc) is 2.81. The van der Waals surface area contributed by atoms with Crippen molar-refractivity contribution in [1.29, 1.82) is 0 Å². The molecular formula is C15H13NS2. The zero-order chi connectivity index (χ0) is 12.4. The molecule has 0 fully saturated rings. The van der Waals surface area contributed by atoms with Gasteiger partial charge in [-0.15, -0.1) is 23.1 Å². The van der Waals surface area contributed by atoms with Gasteiger partial charge in [-0.25, -0.2) is 4.98 Å². The van der Waals surface area contributed by atoms with Crippen molar-refractivity contribution in [3.05, 3.63) is 59.1 Å². The highest BCUT2D eigenvalue weighted by atomic mass is 32.2. The molecule has 0 unspecified atom stereocenters. The molecule has 18 heavy (non-hydrogen) atoms. The third kappa shape index (κ3) is 2.28. The fourth-order valence-corrected chi connectivity index (χ4v) is 3.69. The van der Waals surface area contributed by atoms with Crippen LogP contribution in [-0.4, -0.2) is 11.2 Å². The van der Waals surface area contributed by atoms with E-state index in [9.17, 15) is 0 Å². The number of rotatable bonds is 3. The number of hydrogen-bond donors (Lipinski definition) is 0. The van der Waals surface area contributed by atoms with Gasteiger partial charge in [0.2, 0.25) is 0 Å². The van der Waals surface area contributed by atoms with E-state index in [1.54, 1.807) is 11.3 Å². The minimum Gasteiger partial charge on any atom is -0.245 e. The second-order valence-corrected chi connectivity index (χ2v) is 6.06. The van der Waals surface area contributed by atoms with Crippen LogP contribution in [0.1, 0.15) is 10.4 Å². The first kappa shape index (κ1) is 11.8. The molecule has 0 N–H and O–H groups in total. The smallest absolute Gasteiger partial charge is 0.123 e. The lowest BCUT2D eigenvalue weighted by molar-refractivity contribution is 1.16. The lowest BCUT2D eigenvalue weighted by Gasteiger charge is -2.04. The Morgan fingerprint density at radius 2 is 2.06 bits per heavy atom. The van der Waals surface area contributed by atoms with Gasteiger partial charge < -0.3 is 0 Å². The van der Waals surface area contributed by atoms with Crippen LogP contribution in [0.2, 0.25) is 0 Å². The van der Waals surface area contributed by atoms with Gasteiger partial charge in [0.25, 0.3) is 0 Å². The van der Waals surface area contributed by atoms with Crippen molar-refractivity contribution in [1.82, 2.24) is 4.98 Å². The summed E-state index contributed by atoms with van der Waals surface area (Å²) in [5.41, 5.74) is 1.40. The van der Waals surface area contributed by atoms with Crippen LogP contribution in [-0.2, 0) is 6.42 Å². The van der Waals surface area contributed by atoms with Crippen molar-refractivity contribution in [3.8, 4) is 0 Å². The number of aromatic nitrogens is 1. The van der Waals surface area contributed by atoms with Gasteiger partial charge in [-0.3, -0.25) is 0 Å². The topological polar surface area (TPSA) is 12.9 Å².